The number of likely N-dealkylation sites (N-methyl/N-ethyl adjacent to an activating group) is 1. The van der Waals surface area contributed by atoms with Crippen LogP contribution in [0, 0.1) is 13.8 Å². The zero-order chi connectivity index (χ0) is 32.9. The van der Waals surface area contributed by atoms with Crippen LogP contribution < -0.4 is 4.90 Å². The van der Waals surface area contributed by atoms with E-state index in [4.69, 9.17) is 9.47 Å². The summed E-state index contributed by atoms with van der Waals surface area (Å²) in [6.07, 6.45) is 9.67. The lowest BCUT2D eigenvalue weighted by Gasteiger charge is -2.26. The summed E-state index contributed by atoms with van der Waals surface area (Å²) in [7, 11) is 0. The van der Waals surface area contributed by atoms with Gasteiger partial charge in [-0.25, -0.2) is 4.79 Å². The SMILES string of the molecule is CCN1/C(=C/C=C2\CCC(/C=C/C3=[N+](CC)c4ccc(C)cc4C3(C)C)=C2OC(=O)OC(C)(C)C)C(C)(C)c2cc(C)ccc21. The average Bonchev–Trinajstić information content (AvgIpc) is 3.49. The van der Waals surface area contributed by atoms with Crippen LogP contribution in [-0.2, 0) is 20.3 Å². The third-order valence-electron chi connectivity index (χ3n) is 9.43. The Kier molecular flexibility index (Phi) is 8.54. The topological polar surface area (TPSA) is 41.8 Å². The molecule has 5 heteroatoms. The molecule has 2 aromatic rings. The molecule has 45 heavy (non-hydrogen) atoms. The van der Waals surface area contributed by atoms with Crippen molar-refractivity contribution >= 4 is 23.2 Å². The Morgan fingerprint density at radius 2 is 1.58 bits per heavy atom. The van der Waals surface area contributed by atoms with Crippen molar-refractivity contribution in [3.8, 4) is 0 Å². The predicted octanol–water partition coefficient (Wildman–Crippen LogP) is 9.88. The number of fused-ring (bicyclic) bond motifs is 2. The highest BCUT2D eigenvalue weighted by molar-refractivity contribution is 6.03. The minimum absolute atomic E-state index is 0.146. The number of ether oxygens (including phenoxy) is 2. The highest BCUT2D eigenvalue weighted by atomic mass is 16.7. The number of allylic oxidation sites excluding steroid dienone is 7. The van der Waals surface area contributed by atoms with Gasteiger partial charge in [0.25, 0.3) is 0 Å². The Balaban J connectivity index is 1.56. The van der Waals surface area contributed by atoms with E-state index in [2.05, 4.69) is 126 Å². The molecule has 2 aliphatic heterocycles. The fourth-order valence-electron chi connectivity index (χ4n) is 7.12. The van der Waals surface area contributed by atoms with Crippen LogP contribution in [0.15, 0.2) is 83.3 Å². The van der Waals surface area contributed by atoms with E-state index in [0.717, 1.165) is 37.1 Å². The van der Waals surface area contributed by atoms with Gasteiger partial charge < -0.3 is 14.4 Å². The second-order valence-electron chi connectivity index (χ2n) is 14.7. The molecule has 238 valence electrons. The molecular weight excluding hydrogens is 556 g/mol. The van der Waals surface area contributed by atoms with Gasteiger partial charge in [-0.1, -0.05) is 49.2 Å². The molecule has 1 aliphatic carbocycles. The molecular formula is C40H51N2O3+. The number of aryl methyl sites for hydroxylation is 2. The first kappa shape index (κ1) is 32.5. The fraction of sp³-hybridized carbons (Fsp3) is 0.450. The van der Waals surface area contributed by atoms with Crippen LogP contribution >= 0.6 is 0 Å². The Hall–Kier alpha value is -3.86. The molecule has 0 radical (unpaired) electrons. The van der Waals surface area contributed by atoms with Gasteiger partial charge in [0.15, 0.2) is 5.71 Å². The van der Waals surface area contributed by atoms with E-state index in [1.165, 1.54) is 45.0 Å². The van der Waals surface area contributed by atoms with E-state index in [9.17, 15) is 4.79 Å². The predicted molar refractivity (Wildman–Crippen MR) is 186 cm³/mol. The van der Waals surface area contributed by atoms with Crippen LogP contribution in [0.2, 0.25) is 0 Å². The molecule has 0 N–H and O–H groups in total. The number of carbonyl (C=O) groups excluding carboxylic acids is 1. The van der Waals surface area contributed by atoms with Crippen molar-refractivity contribution < 1.29 is 18.8 Å². The van der Waals surface area contributed by atoms with Crippen molar-refractivity contribution in [3.05, 3.63) is 106 Å². The van der Waals surface area contributed by atoms with Crippen molar-refractivity contribution in [3.63, 3.8) is 0 Å². The lowest BCUT2D eigenvalue weighted by Crippen LogP contribution is -2.27. The molecule has 0 spiro atoms. The highest BCUT2D eigenvalue weighted by Crippen LogP contribution is 2.48. The summed E-state index contributed by atoms with van der Waals surface area (Å²) in [4.78, 5) is 15.4. The summed E-state index contributed by atoms with van der Waals surface area (Å²) < 4.78 is 14.1. The maximum atomic E-state index is 13.0. The minimum Gasteiger partial charge on any atom is -0.428 e. The smallest absolute Gasteiger partial charge is 0.428 e. The van der Waals surface area contributed by atoms with Gasteiger partial charge >= 0.3 is 6.16 Å². The third kappa shape index (κ3) is 6.06. The first-order chi connectivity index (χ1) is 21.1. The van der Waals surface area contributed by atoms with E-state index >= 15 is 0 Å². The quantitative estimate of drug-likeness (QED) is 0.242. The van der Waals surface area contributed by atoms with E-state index in [-0.39, 0.29) is 10.8 Å². The molecule has 3 aliphatic rings. The van der Waals surface area contributed by atoms with Gasteiger partial charge in [0, 0.05) is 41.1 Å². The molecule has 0 bridgehead atoms. The first-order valence-electron chi connectivity index (χ1n) is 16.5. The number of nitrogens with zero attached hydrogens (tertiary/aromatic N) is 2. The van der Waals surface area contributed by atoms with Crippen LogP contribution in [0.3, 0.4) is 0 Å². The maximum Gasteiger partial charge on any atom is 0.514 e. The average molecular weight is 608 g/mol. The number of hydrogen-bond donors (Lipinski definition) is 0. The molecule has 0 unspecified atom stereocenters. The van der Waals surface area contributed by atoms with Crippen molar-refractivity contribution in [1.82, 2.24) is 0 Å². The summed E-state index contributed by atoms with van der Waals surface area (Å²) in [5.74, 6) is 0.609. The van der Waals surface area contributed by atoms with E-state index < -0.39 is 11.8 Å². The highest BCUT2D eigenvalue weighted by Gasteiger charge is 2.44. The van der Waals surface area contributed by atoms with Gasteiger partial charge in [-0.15, -0.1) is 0 Å². The van der Waals surface area contributed by atoms with Crippen LogP contribution in [-0.4, -0.2) is 35.1 Å². The third-order valence-corrected chi connectivity index (χ3v) is 9.43. The Morgan fingerprint density at radius 3 is 2.22 bits per heavy atom. The van der Waals surface area contributed by atoms with Crippen LogP contribution in [0.25, 0.3) is 0 Å². The molecule has 0 fully saturated rings. The van der Waals surface area contributed by atoms with Gasteiger partial charge in [-0.05, 0) is 116 Å². The molecule has 5 rings (SSSR count). The molecule has 2 aromatic carbocycles. The van der Waals surface area contributed by atoms with Gasteiger partial charge in [-0.3, -0.25) is 0 Å². The monoisotopic (exact) mass is 607 g/mol. The van der Waals surface area contributed by atoms with Gasteiger partial charge in [0.1, 0.15) is 17.9 Å². The van der Waals surface area contributed by atoms with Gasteiger partial charge in [0.2, 0.25) is 5.69 Å². The molecule has 5 nitrogen and oxygen atoms in total. The van der Waals surface area contributed by atoms with Crippen molar-refractivity contribution in [2.24, 2.45) is 0 Å². The number of rotatable bonds is 6. The summed E-state index contributed by atoms with van der Waals surface area (Å²) >= 11 is 0. The standard InChI is InChI=1S/C40H51N2O3/c1-12-41-32-20-14-26(3)24-30(32)39(8,9)34(41)22-18-28-16-17-29(36(28)44-37(43)45-38(5,6)7)19-23-35-40(10,11)31-25-27(4)15-21-33(31)42(35)13-2/h14-15,18-25H,12-13,16-17H2,1-11H3/q+1. The molecule has 2 heterocycles. The lowest BCUT2D eigenvalue weighted by atomic mass is 9.80. The zero-order valence-corrected chi connectivity index (χ0v) is 29.2. The van der Waals surface area contributed by atoms with Crippen molar-refractivity contribution in [2.75, 3.05) is 18.0 Å². The summed E-state index contributed by atoms with van der Waals surface area (Å²) in [6, 6.07) is 13.5. The van der Waals surface area contributed by atoms with Crippen LogP contribution in [0.4, 0.5) is 16.2 Å². The Morgan fingerprint density at radius 1 is 0.911 bits per heavy atom. The van der Waals surface area contributed by atoms with Crippen molar-refractivity contribution in [1.29, 1.82) is 0 Å². The molecule has 0 atom stereocenters. The van der Waals surface area contributed by atoms with Gasteiger partial charge in [0.05, 0.1) is 5.41 Å². The summed E-state index contributed by atoms with van der Waals surface area (Å²) in [5, 5.41) is 0. The molecule has 0 amide bonds. The Bertz CT molecular complexity index is 1690. The van der Waals surface area contributed by atoms with Crippen LogP contribution in [0.5, 0.6) is 0 Å². The second kappa shape index (κ2) is 11.8. The van der Waals surface area contributed by atoms with Crippen molar-refractivity contribution in [2.45, 2.75) is 105 Å². The maximum absolute atomic E-state index is 13.0. The number of hydrogen-bond acceptors (Lipinski definition) is 4. The van der Waals surface area contributed by atoms with E-state index in [0.29, 0.717) is 5.76 Å². The minimum atomic E-state index is -0.671. The lowest BCUT2D eigenvalue weighted by molar-refractivity contribution is -0.433. The second-order valence-corrected chi connectivity index (χ2v) is 14.7. The number of carbonyl (C=O) groups is 1. The largest absolute Gasteiger partial charge is 0.514 e. The number of anilines is 1. The normalized spacial score (nSPS) is 20.6. The summed E-state index contributed by atoms with van der Waals surface area (Å²) in [6.45, 7) is 25.2. The molecule has 0 saturated carbocycles. The molecule has 0 saturated heterocycles. The molecule has 0 aromatic heterocycles. The van der Waals surface area contributed by atoms with Crippen LogP contribution in [0.1, 0.15) is 97.4 Å². The zero-order valence-electron chi connectivity index (χ0n) is 29.2. The Labute approximate surface area is 270 Å². The summed E-state index contributed by atoms with van der Waals surface area (Å²) in [5.41, 5.74) is 11.3. The van der Waals surface area contributed by atoms with E-state index in [1.54, 1.807) is 0 Å². The number of benzene rings is 2. The fourth-order valence-corrected chi connectivity index (χ4v) is 7.12. The first-order valence-corrected chi connectivity index (χ1v) is 16.5. The van der Waals surface area contributed by atoms with Gasteiger partial charge in [-0.2, -0.15) is 4.58 Å². The van der Waals surface area contributed by atoms with E-state index in [1.807, 2.05) is 20.8 Å².